The summed E-state index contributed by atoms with van der Waals surface area (Å²) < 4.78 is 5.55. The molecule has 1 saturated heterocycles. The molecule has 3 rings (SSSR count). The number of ether oxygens (including phenoxy) is 1. The maximum atomic E-state index is 9.35. The molecular weight excluding hydrogens is 310 g/mol. The zero-order valence-corrected chi connectivity index (χ0v) is 14.3. The SMILES string of the molecule is N#Cc1c(Cl)cccc1NCC1([NH+]2CCOCC2)CCCCC1. The van der Waals surface area contributed by atoms with Crippen molar-refractivity contribution in [2.24, 2.45) is 0 Å². The molecule has 0 bridgehead atoms. The van der Waals surface area contributed by atoms with Gasteiger partial charge in [0.05, 0.1) is 36.0 Å². The molecule has 1 aliphatic carbocycles. The molecule has 5 heteroatoms. The average Bonchev–Trinajstić information content (AvgIpc) is 2.61. The molecule has 0 radical (unpaired) electrons. The lowest BCUT2D eigenvalue weighted by atomic mass is 9.79. The maximum absolute atomic E-state index is 9.35. The van der Waals surface area contributed by atoms with Crippen LogP contribution in [0.2, 0.25) is 5.02 Å². The van der Waals surface area contributed by atoms with Crippen LogP contribution in [0.4, 0.5) is 5.69 Å². The monoisotopic (exact) mass is 334 g/mol. The molecule has 4 nitrogen and oxygen atoms in total. The van der Waals surface area contributed by atoms with Crippen LogP contribution in [-0.2, 0) is 4.74 Å². The Bertz CT molecular complexity index is 572. The summed E-state index contributed by atoms with van der Waals surface area (Å²) in [6, 6.07) is 7.85. The minimum Gasteiger partial charge on any atom is -0.378 e. The fourth-order valence-electron chi connectivity index (χ4n) is 4.08. The van der Waals surface area contributed by atoms with Gasteiger partial charge >= 0.3 is 0 Å². The van der Waals surface area contributed by atoms with E-state index in [1.165, 1.54) is 32.1 Å². The van der Waals surface area contributed by atoms with Gasteiger partial charge in [-0.3, -0.25) is 0 Å². The fourth-order valence-corrected chi connectivity index (χ4v) is 4.30. The minimum atomic E-state index is 0.261. The van der Waals surface area contributed by atoms with E-state index in [4.69, 9.17) is 16.3 Å². The lowest BCUT2D eigenvalue weighted by Crippen LogP contribution is -3.22. The third-order valence-corrected chi connectivity index (χ3v) is 5.71. The second-order valence-electron chi connectivity index (χ2n) is 6.68. The van der Waals surface area contributed by atoms with Gasteiger partial charge in [0, 0.05) is 12.8 Å². The summed E-state index contributed by atoms with van der Waals surface area (Å²) >= 11 is 6.15. The van der Waals surface area contributed by atoms with E-state index in [2.05, 4.69) is 11.4 Å². The first kappa shape index (κ1) is 16.6. The molecule has 2 aliphatic rings. The van der Waals surface area contributed by atoms with E-state index in [0.717, 1.165) is 38.5 Å². The first-order valence-corrected chi connectivity index (χ1v) is 8.98. The fraction of sp³-hybridized carbons (Fsp3) is 0.611. The van der Waals surface area contributed by atoms with Crippen molar-refractivity contribution in [3.63, 3.8) is 0 Å². The average molecular weight is 335 g/mol. The molecule has 1 heterocycles. The summed E-state index contributed by atoms with van der Waals surface area (Å²) in [4.78, 5) is 1.66. The lowest BCUT2D eigenvalue weighted by Gasteiger charge is -2.45. The first-order valence-electron chi connectivity index (χ1n) is 8.61. The molecule has 0 atom stereocenters. The number of rotatable bonds is 4. The largest absolute Gasteiger partial charge is 0.378 e. The topological polar surface area (TPSA) is 49.5 Å². The van der Waals surface area contributed by atoms with E-state index < -0.39 is 0 Å². The van der Waals surface area contributed by atoms with Crippen molar-refractivity contribution >= 4 is 17.3 Å². The standard InChI is InChI=1S/C18H24ClN3O/c19-16-5-4-6-17(15(16)13-20)21-14-18(7-2-1-3-8-18)22-9-11-23-12-10-22/h4-6,21H,1-3,7-12,14H2/p+1. The van der Waals surface area contributed by atoms with Crippen molar-refractivity contribution in [2.45, 2.75) is 37.6 Å². The Hall–Kier alpha value is -1.28. The van der Waals surface area contributed by atoms with Crippen LogP contribution in [0.25, 0.3) is 0 Å². The maximum Gasteiger partial charge on any atom is 0.115 e. The van der Waals surface area contributed by atoms with E-state index in [1.54, 1.807) is 11.0 Å². The summed E-state index contributed by atoms with van der Waals surface area (Å²) in [6.07, 6.45) is 6.43. The molecule has 124 valence electrons. The van der Waals surface area contributed by atoms with Crippen LogP contribution in [-0.4, -0.2) is 38.4 Å². The molecule has 2 fully saturated rings. The lowest BCUT2D eigenvalue weighted by molar-refractivity contribution is -0.959. The van der Waals surface area contributed by atoms with Crippen LogP contribution in [0, 0.1) is 11.3 Å². The van der Waals surface area contributed by atoms with E-state index in [-0.39, 0.29) is 5.54 Å². The quantitative estimate of drug-likeness (QED) is 0.888. The van der Waals surface area contributed by atoms with Gasteiger partial charge in [0.1, 0.15) is 24.7 Å². The molecule has 23 heavy (non-hydrogen) atoms. The van der Waals surface area contributed by atoms with Crippen LogP contribution in [0.5, 0.6) is 0 Å². The van der Waals surface area contributed by atoms with E-state index in [9.17, 15) is 5.26 Å². The molecule has 1 aromatic rings. The molecule has 1 aromatic carbocycles. The van der Waals surface area contributed by atoms with Gasteiger partial charge < -0.3 is 15.0 Å². The molecule has 0 aromatic heterocycles. The van der Waals surface area contributed by atoms with Gasteiger partial charge in [0.2, 0.25) is 0 Å². The molecular formula is C18H25ClN3O+. The molecule has 1 aliphatic heterocycles. The number of nitrogens with one attached hydrogen (secondary N) is 2. The van der Waals surface area contributed by atoms with Gasteiger partial charge in [-0.2, -0.15) is 5.26 Å². The van der Waals surface area contributed by atoms with Crippen LogP contribution < -0.4 is 10.2 Å². The van der Waals surface area contributed by atoms with Gasteiger partial charge in [-0.1, -0.05) is 24.1 Å². The Morgan fingerprint density at radius 2 is 1.96 bits per heavy atom. The Morgan fingerprint density at radius 1 is 1.22 bits per heavy atom. The number of nitriles is 1. The van der Waals surface area contributed by atoms with Crippen LogP contribution >= 0.6 is 11.6 Å². The van der Waals surface area contributed by atoms with Crippen LogP contribution in [0.3, 0.4) is 0 Å². The number of hydrogen-bond donors (Lipinski definition) is 2. The zero-order chi connectivity index (χ0) is 16.1. The second-order valence-corrected chi connectivity index (χ2v) is 7.09. The van der Waals surface area contributed by atoms with Crippen LogP contribution in [0.15, 0.2) is 18.2 Å². The zero-order valence-electron chi connectivity index (χ0n) is 13.5. The van der Waals surface area contributed by atoms with Crippen LogP contribution in [0.1, 0.15) is 37.7 Å². The van der Waals surface area contributed by atoms with E-state index in [0.29, 0.717) is 10.6 Å². The molecule has 0 spiro atoms. The van der Waals surface area contributed by atoms with E-state index >= 15 is 0 Å². The van der Waals surface area contributed by atoms with Crippen molar-refractivity contribution < 1.29 is 9.64 Å². The number of anilines is 1. The molecule has 1 saturated carbocycles. The van der Waals surface area contributed by atoms with E-state index in [1.807, 2.05) is 12.1 Å². The number of benzene rings is 1. The number of quaternary nitrogens is 1. The summed E-state index contributed by atoms with van der Waals surface area (Å²) in [5.74, 6) is 0. The summed E-state index contributed by atoms with van der Waals surface area (Å²) in [7, 11) is 0. The minimum absolute atomic E-state index is 0.261. The highest BCUT2D eigenvalue weighted by Gasteiger charge is 2.42. The second kappa shape index (κ2) is 7.53. The Balaban J connectivity index is 1.77. The number of halogens is 1. The predicted octanol–water partition coefficient (Wildman–Crippen LogP) is 2.24. The van der Waals surface area contributed by atoms with Crippen molar-refractivity contribution in [2.75, 3.05) is 38.2 Å². The van der Waals surface area contributed by atoms with Gasteiger partial charge in [0.15, 0.2) is 0 Å². The van der Waals surface area contributed by atoms with Crippen molar-refractivity contribution in [1.29, 1.82) is 5.26 Å². The predicted molar refractivity (Wildman–Crippen MR) is 92.0 cm³/mol. The number of hydrogen-bond acceptors (Lipinski definition) is 3. The van der Waals surface area contributed by atoms with Crippen molar-refractivity contribution in [3.05, 3.63) is 28.8 Å². The third-order valence-electron chi connectivity index (χ3n) is 5.40. The summed E-state index contributed by atoms with van der Waals surface area (Å²) in [5, 5.41) is 13.4. The summed E-state index contributed by atoms with van der Waals surface area (Å²) in [6.45, 7) is 4.79. The molecule has 0 amide bonds. The first-order chi connectivity index (χ1) is 11.2. The third kappa shape index (κ3) is 3.63. The van der Waals surface area contributed by atoms with Gasteiger partial charge in [-0.15, -0.1) is 0 Å². The van der Waals surface area contributed by atoms with Crippen molar-refractivity contribution in [3.8, 4) is 6.07 Å². The molecule has 2 N–H and O–H groups in total. The Morgan fingerprint density at radius 3 is 2.65 bits per heavy atom. The highest BCUT2D eigenvalue weighted by atomic mass is 35.5. The Kier molecular flexibility index (Phi) is 5.42. The number of nitrogens with zero attached hydrogens (tertiary/aromatic N) is 1. The summed E-state index contributed by atoms with van der Waals surface area (Å²) in [5.41, 5.74) is 1.67. The Labute approximate surface area is 143 Å². The van der Waals surface area contributed by atoms with Gasteiger partial charge in [-0.05, 0) is 25.0 Å². The van der Waals surface area contributed by atoms with Gasteiger partial charge in [-0.25, -0.2) is 0 Å². The smallest absolute Gasteiger partial charge is 0.115 e. The molecule has 0 unspecified atom stereocenters. The highest BCUT2D eigenvalue weighted by molar-refractivity contribution is 6.32. The normalized spacial score (nSPS) is 21.6. The highest BCUT2D eigenvalue weighted by Crippen LogP contribution is 2.28. The van der Waals surface area contributed by atoms with Crippen molar-refractivity contribution in [1.82, 2.24) is 0 Å². The number of morpholine rings is 1. The van der Waals surface area contributed by atoms with Gasteiger partial charge in [0.25, 0.3) is 0 Å².